The summed E-state index contributed by atoms with van der Waals surface area (Å²) >= 11 is 0. The average Bonchev–Trinajstić information content (AvgIpc) is 2.72. The molecule has 7 nitrogen and oxygen atoms in total. The zero-order chi connectivity index (χ0) is 20.5. The molecule has 0 saturated carbocycles. The molecule has 0 spiro atoms. The summed E-state index contributed by atoms with van der Waals surface area (Å²) in [7, 11) is 0. The van der Waals surface area contributed by atoms with E-state index in [1.54, 1.807) is 0 Å². The fourth-order valence-corrected chi connectivity index (χ4v) is 3.96. The van der Waals surface area contributed by atoms with Crippen LogP contribution in [0.1, 0.15) is 25.0 Å². The van der Waals surface area contributed by atoms with Gasteiger partial charge in [-0.2, -0.15) is 0 Å². The lowest BCUT2D eigenvalue weighted by Crippen LogP contribution is -2.48. The predicted molar refractivity (Wildman–Crippen MR) is 133 cm³/mol. The fourth-order valence-electron chi connectivity index (χ4n) is 3.96. The fraction of sp³-hybridized carbons (Fsp3) is 0.682. The highest BCUT2D eigenvalue weighted by molar-refractivity contribution is 14.0. The van der Waals surface area contributed by atoms with Crippen LogP contribution in [0.4, 0.5) is 0 Å². The summed E-state index contributed by atoms with van der Waals surface area (Å²) in [5.74, 6) is 0.771. The number of β-amino-alcohol motifs (C(OH)–C–C–N with tert-alkyl or cyclic N) is 1. The molecule has 1 atom stereocenters. The molecule has 1 aromatic rings. The van der Waals surface area contributed by atoms with Gasteiger partial charge in [-0.1, -0.05) is 24.3 Å². The van der Waals surface area contributed by atoms with Crippen molar-refractivity contribution in [2.75, 3.05) is 65.6 Å². The summed E-state index contributed by atoms with van der Waals surface area (Å²) in [6.45, 7) is 12.9. The molecular weight excluding hydrogens is 493 g/mol. The Morgan fingerprint density at radius 3 is 2.60 bits per heavy atom. The van der Waals surface area contributed by atoms with Crippen LogP contribution in [0.2, 0.25) is 0 Å². The zero-order valence-electron chi connectivity index (χ0n) is 18.4. The van der Waals surface area contributed by atoms with Crippen LogP contribution >= 0.6 is 24.0 Å². The molecule has 1 saturated heterocycles. The van der Waals surface area contributed by atoms with E-state index in [0.29, 0.717) is 13.1 Å². The van der Waals surface area contributed by atoms with Crippen molar-refractivity contribution in [3.05, 3.63) is 35.4 Å². The average molecular weight is 531 g/mol. The van der Waals surface area contributed by atoms with Crippen molar-refractivity contribution in [3.63, 3.8) is 0 Å². The number of halogens is 1. The Hall–Kier alpha value is -0.940. The molecule has 3 rings (SSSR count). The van der Waals surface area contributed by atoms with Crippen LogP contribution in [0.3, 0.4) is 0 Å². The van der Waals surface area contributed by atoms with Crippen LogP contribution in [-0.4, -0.2) is 92.0 Å². The van der Waals surface area contributed by atoms with Crippen LogP contribution in [0.5, 0.6) is 0 Å². The first-order valence-electron chi connectivity index (χ1n) is 10.9. The Kier molecular flexibility index (Phi) is 10.8. The smallest absolute Gasteiger partial charge is 0.191 e. The second kappa shape index (κ2) is 12.8. The second-order valence-electron chi connectivity index (χ2n) is 8.30. The first-order chi connectivity index (χ1) is 14.1. The van der Waals surface area contributed by atoms with E-state index >= 15 is 0 Å². The van der Waals surface area contributed by atoms with Gasteiger partial charge in [0.15, 0.2) is 5.96 Å². The van der Waals surface area contributed by atoms with Gasteiger partial charge in [0, 0.05) is 52.4 Å². The Bertz CT molecular complexity index is 665. The van der Waals surface area contributed by atoms with Crippen LogP contribution in [0.25, 0.3) is 0 Å². The van der Waals surface area contributed by atoms with Crippen molar-refractivity contribution in [3.8, 4) is 0 Å². The number of benzene rings is 1. The lowest BCUT2D eigenvalue weighted by atomic mass is 10.00. The minimum Gasteiger partial charge on any atom is -0.387 e. The van der Waals surface area contributed by atoms with E-state index in [1.165, 1.54) is 11.1 Å². The van der Waals surface area contributed by atoms with E-state index in [1.807, 2.05) is 6.92 Å². The summed E-state index contributed by atoms with van der Waals surface area (Å²) in [6.07, 6.45) is 1.12. The van der Waals surface area contributed by atoms with Gasteiger partial charge in [-0.05, 0) is 31.4 Å². The zero-order valence-corrected chi connectivity index (χ0v) is 20.7. The van der Waals surface area contributed by atoms with E-state index in [2.05, 4.69) is 56.6 Å². The van der Waals surface area contributed by atoms with Crippen LogP contribution < -0.4 is 10.6 Å². The van der Waals surface area contributed by atoms with Crippen molar-refractivity contribution in [2.24, 2.45) is 4.99 Å². The molecule has 0 radical (unpaired) electrons. The highest BCUT2D eigenvalue weighted by Crippen LogP contribution is 2.17. The Morgan fingerprint density at radius 1 is 1.13 bits per heavy atom. The predicted octanol–water partition coefficient (Wildman–Crippen LogP) is 1.30. The molecule has 8 heteroatoms. The van der Waals surface area contributed by atoms with Gasteiger partial charge in [0.25, 0.3) is 0 Å². The molecule has 0 amide bonds. The second-order valence-corrected chi connectivity index (χ2v) is 8.30. The van der Waals surface area contributed by atoms with Crippen LogP contribution in [-0.2, 0) is 17.7 Å². The number of aliphatic hydroxyl groups is 1. The van der Waals surface area contributed by atoms with Crippen molar-refractivity contribution in [2.45, 2.75) is 32.4 Å². The number of nitrogens with zero attached hydrogens (tertiary/aromatic N) is 3. The summed E-state index contributed by atoms with van der Waals surface area (Å²) in [5, 5.41) is 17.5. The summed E-state index contributed by atoms with van der Waals surface area (Å²) < 4.78 is 5.38. The summed E-state index contributed by atoms with van der Waals surface area (Å²) in [4.78, 5) is 9.36. The molecule has 170 valence electrons. The molecular formula is C22H38IN5O2. The van der Waals surface area contributed by atoms with Gasteiger partial charge in [-0.15, -0.1) is 24.0 Å². The number of hydrogen-bond donors (Lipinski definition) is 3. The first kappa shape index (κ1) is 25.3. The minimum atomic E-state index is -0.851. The normalized spacial score (nSPS) is 20.0. The molecule has 2 aliphatic rings. The summed E-state index contributed by atoms with van der Waals surface area (Å²) in [5.41, 5.74) is 2.07. The monoisotopic (exact) mass is 531 g/mol. The van der Waals surface area contributed by atoms with Gasteiger partial charge in [0.1, 0.15) is 0 Å². The maximum absolute atomic E-state index is 10.8. The molecule has 0 aliphatic carbocycles. The van der Waals surface area contributed by atoms with Gasteiger partial charge in [-0.25, -0.2) is 0 Å². The topological polar surface area (TPSA) is 72.4 Å². The summed E-state index contributed by atoms with van der Waals surface area (Å²) in [6, 6.07) is 8.73. The quantitative estimate of drug-likeness (QED) is 0.267. The molecule has 30 heavy (non-hydrogen) atoms. The molecule has 1 aromatic carbocycles. The third-order valence-corrected chi connectivity index (χ3v) is 5.52. The van der Waals surface area contributed by atoms with E-state index in [0.717, 1.165) is 71.4 Å². The van der Waals surface area contributed by atoms with Crippen molar-refractivity contribution in [1.82, 2.24) is 20.4 Å². The Labute approximate surface area is 198 Å². The Morgan fingerprint density at radius 2 is 1.87 bits per heavy atom. The van der Waals surface area contributed by atoms with Gasteiger partial charge in [0.2, 0.25) is 0 Å². The number of fused-ring (bicyclic) bond motifs is 1. The molecule has 1 unspecified atom stereocenters. The van der Waals surface area contributed by atoms with Gasteiger partial charge >= 0.3 is 0 Å². The number of guanidine groups is 1. The molecule has 0 aromatic heterocycles. The van der Waals surface area contributed by atoms with E-state index in [9.17, 15) is 5.11 Å². The number of hydrogen-bond acceptors (Lipinski definition) is 5. The van der Waals surface area contributed by atoms with Gasteiger partial charge in [-0.3, -0.25) is 14.8 Å². The SMILES string of the molecule is CCNC(=NCC(C)(O)CN1CCOCC1)NCCN1CCc2ccccc2C1.I. The van der Waals surface area contributed by atoms with Crippen LogP contribution in [0, 0.1) is 0 Å². The lowest BCUT2D eigenvalue weighted by molar-refractivity contribution is -0.0180. The molecule has 0 bridgehead atoms. The van der Waals surface area contributed by atoms with Crippen LogP contribution in [0.15, 0.2) is 29.3 Å². The van der Waals surface area contributed by atoms with Gasteiger partial charge < -0.3 is 20.5 Å². The molecule has 2 aliphatic heterocycles. The maximum Gasteiger partial charge on any atom is 0.191 e. The van der Waals surface area contributed by atoms with Crippen molar-refractivity contribution >= 4 is 29.9 Å². The van der Waals surface area contributed by atoms with E-state index in [4.69, 9.17) is 4.74 Å². The first-order valence-corrected chi connectivity index (χ1v) is 10.9. The number of aliphatic imine (C=N–C) groups is 1. The van der Waals surface area contributed by atoms with Crippen molar-refractivity contribution < 1.29 is 9.84 Å². The Balaban J connectivity index is 0.00000320. The highest BCUT2D eigenvalue weighted by Gasteiger charge is 2.25. The van der Waals surface area contributed by atoms with Crippen molar-refractivity contribution in [1.29, 1.82) is 0 Å². The largest absolute Gasteiger partial charge is 0.387 e. The van der Waals surface area contributed by atoms with Gasteiger partial charge in [0.05, 0.1) is 25.4 Å². The number of rotatable bonds is 8. The number of morpholine rings is 1. The molecule has 3 N–H and O–H groups in total. The minimum absolute atomic E-state index is 0. The maximum atomic E-state index is 10.8. The number of ether oxygens (including phenoxy) is 1. The van der Waals surface area contributed by atoms with E-state index in [-0.39, 0.29) is 24.0 Å². The number of nitrogens with one attached hydrogen (secondary N) is 2. The van der Waals surface area contributed by atoms with E-state index < -0.39 is 5.60 Å². The standard InChI is InChI=1S/C22H37N5O2.HI/c1-3-23-21(25-17-22(2,28)18-27-12-14-29-15-13-27)24-9-11-26-10-8-19-6-4-5-7-20(19)16-26;/h4-7,28H,3,8-18H2,1-2H3,(H2,23,24,25);1H. The molecule has 1 fully saturated rings. The highest BCUT2D eigenvalue weighted by atomic mass is 127. The molecule has 2 heterocycles. The third-order valence-electron chi connectivity index (χ3n) is 5.52. The lowest BCUT2D eigenvalue weighted by Gasteiger charge is -2.33. The third kappa shape index (κ3) is 8.30.